The molecule has 2 aliphatic rings. The van der Waals surface area contributed by atoms with Gasteiger partial charge in [0, 0.05) is 12.6 Å². The number of hydrogen-bond donors (Lipinski definition) is 0. The van der Waals surface area contributed by atoms with Crippen molar-refractivity contribution in [1.29, 1.82) is 0 Å². The summed E-state index contributed by atoms with van der Waals surface area (Å²) in [5, 5.41) is 0. The molecule has 1 aliphatic heterocycles. The van der Waals surface area contributed by atoms with Gasteiger partial charge in [-0.1, -0.05) is 12.1 Å². The maximum absolute atomic E-state index is 13.1. The molecule has 0 spiro atoms. The molecular formula is C13H16FN. The lowest BCUT2D eigenvalue weighted by atomic mass is 9.98. The first-order valence-corrected chi connectivity index (χ1v) is 5.82. The molecule has 0 N–H and O–H groups in total. The monoisotopic (exact) mass is 205 g/mol. The average Bonchev–Trinajstić information content (AvgIpc) is 2.97. The number of hydrogen-bond acceptors (Lipinski definition) is 1. The van der Waals surface area contributed by atoms with Gasteiger partial charge in [0.2, 0.25) is 0 Å². The van der Waals surface area contributed by atoms with Crippen molar-refractivity contribution in [2.24, 2.45) is 0 Å². The van der Waals surface area contributed by atoms with Crippen molar-refractivity contribution < 1.29 is 4.39 Å². The van der Waals surface area contributed by atoms with E-state index in [0.29, 0.717) is 5.92 Å². The highest BCUT2D eigenvalue weighted by atomic mass is 19.1. The standard InChI is InChI=1S/C13H16FN/c14-12-3-1-2-10(8-12)11-6-7-15(9-11)13-4-5-13/h1-3,8,11,13H,4-7,9H2. The fraction of sp³-hybridized carbons (Fsp3) is 0.538. The Morgan fingerprint density at radius 3 is 2.80 bits per heavy atom. The van der Waals surface area contributed by atoms with Gasteiger partial charge < -0.3 is 0 Å². The Hall–Kier alpha value is -0.890. The van der Waals surface area contributed by atoms with Gasteiger partial charge >= 0.3 is 0 Å². The Labute approximate surface area is 89.9 Å². The number of halogens is 1. The number of benzene rings is 1. The van der Waals surface area contributed by atoms with Crippen molar-refractivity contribution in [3.05, 3.63) is 35.6 Å². The predicted molar refractivity (Wildman–Crippen MR) is 58.4 cm³/mol. The van der Waals surface area contributed by atoms with E-state index in [2.05, 4.69) is 11.0 Å². The van der Waals surface area contributed by atoms with Crippen molar-refractivity contribution in [2.45, 2.75) is 31.2 Å². The molecule has 80 valence electrons. The van der Waals surface area contributed by atoms with Crippen LogP contribution in [0.25, 0.3) is 0 Å². The molecule has 1 atom stereocenters. The zero-order chi connectivity index (χ0) is 10.3. The van der Waals surface area contributed by atoms with Crippen LogP contribution in [-0.2, 0) is 0 Å². The summed E-state index contributed by atoms with van der Waals surface area (Å²) < 4.78 is 13.1. The van der Waals surface area contributed by atoms with Crippen molar-refractivity contribution >= 4 is 0 Å². The van der Waals surface area contributed by atoms with Crippen LogP contribution in [0.15, 0.2) is 24.3 Å². The predicted octanol–water partition coefficient (Wildman–Crippen LogP) is 2.78. The summed E-state index contributed by atoms with van der Waals surface area (Å²) in [7, 11) is 0. The minimum atomic E-state index is -0.0997. The van der Waals surface area contributed by atoms with E-state index in [1.54, 1.807) is 6.07 Å². The summed E-state index contributed by atoms with van der Waals surface area (Å²) in [5.41, 5.74) is 1.18. The summed E-state index contributed by atoms with van der Waals surface area (Å²) in [6.45, 7) is 2.33. The van der Waals surface area contributed by atoms with Crippen LogP contribution in [0.5, 0.6) is 0 Å². The van der Waals surface area contributed by atoms with Crippen LogP contribution in [0, 0.1) is 5.82 Å². The van der Waals surface area contributed by atoms with Gasteiger partial charge in [-0.25, -0.2) is 4.39 Å². The Morgan fingerprint density at radius 2 is 2.07 bits per heavy atom. The first-order chi connectivity index (χ1) is 7.33. The highest BCUT2D eigenvalue weighted by molar-refractivity contribution is 5.22. The Morgan fingerprint density at radius 1 is 1.20 bits per heavy atom. The van der Waals surface area contributed by atoms with E-state index in [1.807, 2.05) is 6.07 Å². The van der Waals surface area contributed by atoms with Gasteiger partial charge in [-0.3, -0.25) is 4.90 Å². The van der Waals surface area contributed by atoms with Crippen molar-refractivity contribution in [1.82, 2.24) is 4.90 Å². The largest absolute Gasteiger partial charge is 0.300 e. The number of nitrogens with zero attached hydrogens (tertiary/aromatic N) is 1. The molecule has 1 heterocycles. The lowest BCUT2D eigenvalue weighted by Crippen LogP contribution is -2.22. The molecule has 0 bridgehead atoms. The van der Waals surface area contributed by atoms with E-state index >= 15 is 0 Å². The Bertz CT molecular complexity index is 359. The van der Waals surface area contributed by atoms with Gasteiger partial charge in [0.05, 0.1) is 0 Å². The second kappa shape index (κ2) is 3.60. The molecular weight excluding hydrogens is 189 g/mol. The molecule has 1 unspecified atom stereocenters. The smallest absolute Gasteiger partial charge is 0.123 e. The molecule has 1 saturated heterocycles. The molecule has 15 heavy (non-hydrogen) atoms. The van der Waals surface area contributed by atoms with Gasteiger partial charge in [0.15, 0.2) is 0 Å². The zero-order valence-electron chi connectivity index (χ0n) is 8.82. The quantitative estimate of drug-likeness (QED) is 0.717. The molecule has 2 fully saturated rings. The van der Waals surface area contributed by atoms with Gasteiger partial charge in [0.25, 0.3) is 0 Å². The van der Waals surface area contributed by atoms with Gasteiger partial charge in [-0.15, -0.1) is 0 Å². The van der Waals surface area contributed by atoms with Crippen LogP contribution in [0.1, 0.15) is 30.7 Å². The van der Waals surface area contributed by atoms with Crippen molar-refractivity contribution in [3.63, 3.8) is 0 Å². The normalized spacial score (nSPS) is 27.1. The second-order valence-electron chi connectivity index (χ2n) is 4.77. The Kier molecular flexibility index (Phi) is 2.24. The lowest BCUT2D eigenvalue weighted by molar-refractivity contribution is 0.324. The highest BCUT2D eigenvalue weighted by Gasteiger charge is 2.34. The minimum Gasteiger partial charge on any atom is -0.300 e. The maximum Gasteiger partial charge on any atom is 0.123 e. The third-order valence-corrected chi connectivity index (χ3v) is 3.60. The van der Waals surface area contributed by atoms with E-state index in [4.69, 9.17) is 0 Å². The van der Waals surface area contributed by atoms with Crippen LogP contribution in [-0.4, -0.2) is 24.0 Å². The lowest BCUT2D eigenvalue weighted by Gasteiger charge is -2.14. The van der Waals surface area contributed by atoms with E-state index in [9.17, 15) is 4.39 Å². The topological polar surface area (TPSA) is 3.24 Å². The number of likely N-dealkylation sites (tertiary alicyclic amines) is 1. The molecule has 1 aliphatic carbocycles. The second-order valence-corrected chi connectivity index (χ2v) is 4.77. The molecule has 1 aromatic rings. The van der Waals surface area contributed by atoms with Gasteiger partial charge in [-0.2, -0.15) is 0 Å². The van der Waals surface area contributed by atoms with Crippen molar-refractivity contribution in [3.8, 4) is 0 Å². The minimum absolute atomic E-state index is 0.0997. The summed E-state index contributed by atoms with van der Waals surface area (Å²) >= 11 is 0. The van der Waals surface area contributed by atoms with E-state index in [0.717, 1.165) is 12.6 Å². The molecule has 2 heteroatoms. The number of rotatable bonds is 2. The molecule has 3 rings (SSSR count). The molecule has 0 amide bonds. The fourth-order valence-corrected chi connectivity index (χ4v) is 2.59. The van der Waals surface area contributed by atoms with Gasteiger partial charge in [-0.05, 0) is 49.4 Å². The fourth-order valence-electron chi connectivity index (χ4n) is 2.59. The molecule has 1 saturated carbocycles. The SMILES string of the molecule is Fc1cccc(C2CCN(C3CC3)C2)c1. The Balaban J connectivity index is 1.72. The summed E-state index contributed by atoms with van der Waals surface area (Å²) in [4.78, 5) is 2.57. The van der Waals surface area contributed by atoms with E-state index < -0.39 is 0 Å². The summed E-state index contributed by atoms with van der Waals surface area (Å²) in [6, 6.07) is 7.95. The third kappa shape index (κ3) is 1.91. The summed E-state index contributed by atoms with van der Waals surface area (Å²) in [6.07, 6.45) is 3.94. The average molecular weight is 205 g/mol. The van der Waals surface area contributed by atoms with Crippen LogP contribution in [0.4, 0.5) is 4.39 Å². The van der Waals surface area contributed by atoms with Crippen LogP contribution in [0.3, 0.4) is 0 Å². The highest BCUT2D eigenvalue weighted by Crippen LogP contribution is 2.35. The van der Waals surface area contributed by atoms with E-state index in [-0.39, 0.29) is 5.82 Å². The van der Waals surface area contributed by atoms with Crippen LogP contribution >= 0.6 is 0 Å². The molecule has 1 aromatic carbocycles. The van der Waals surface area contributed by atoms with Crippen molar-refractivity contribution in [2.75, 3.05) is 13.1 Å². The maximum atomic E-state index is 13.1. The molecule has 1 nitrogen and oxygen atoms in total. The molecule has 0 radical (unpaired) electrons. The summed E-state index contributed by atoms with van der Waals surface area (Å²) in [5.74, 6) is 0.457. The van der Waals surface area contributed by atoms with Crippen LogP contribution < -0.4 is 0 Å². The van der Waals surface area contributed by atoms with Crippen LogP contribution in [0.2, 0.25) is 0 Å². The first-order valence-electron chi connectivity index (χ1n) is 5.82. The molecule has 0 aromatic heterocycles. The van der Waals surface area contributed by atoms with Gasteiger partial charge in [0.1, 0.15) is 5.82 Å². The first kappa shape index (κ1) is 9.34. The third-order valence-electron chi connectivity index (χ3n) is 3.60. The zero-order valence-corrected chi connectivity index (χ0v) is 8.82. The van der Waals surface area contributed by atoms with E-state index in [1.165, 1.54) is 37.4 Å².